The second-order valence-electron chi connectivity index (χ2n) is 13.9. The molecule has 1 aliphatic rings. The van der Waals surface area contributed by atoms with Crippen molar-refractivity contribution in [2.24, 2.45) is 0 Å². The molecule has 2 nitrogen and oxygen atoms in total. The molecule has 8 aromatic carbocycles. The number of rotatable bonds is 0. The number of hydrogen-bond acceptors (Lipinski definition) is 4. The van der Waals surface area contributed by atoms with E-state index in [0.717, 1.165) is 55.0 Å². The third kappa shape index (κ3) is 3.48. The van der Waals surface area contributed by atoms with Crippen LogP contribution in [0.1, 0.15) is 0 Å². The molecular weight excluding hydrogens is 673 g/mol. The van der Waals surface area contributed by atoms with Crippen LogP contribution < -0.4 is 0 Å². The lowest BCUT2D eigenvalue weighted by Gasteiger charge is -2.25. The normalized spacial score (nSPS) is 12.6. The van der Waals surface area contributed by atoms with Crippen molar-refractivity contribution in [1.82, 2.24) is 0 Å². The van der Waals surface area contributed by atoms with Crippen molar-refractivity contribution in [3.8, 4) is 44.5 Å². The van der Waals surface area contributed by atoms with Crippen LogP contribution in [-0.2, 0) is 0 Å². The van der Waals surface area contributed by atoms with Gasteiger partial charge in [-0.05, 0) is 105 Å². The van der Waals surface area contributed by atoms with Gasteiger partial charge < -0.3 is 8.83 Å². The molecule has 13 rings (SSSR count). The Morgan fingerprint density at radius 2 is 0.712 bits per heavy atom. The predicted octanol–water partition coefficient (Wildman–Crippen LogP) is 15.2. The Morgan fingerprint density at radius 1 is 0.288 bits per heavy atom. The van der Waals surface area contributed by atoms with E-state index in [9.17, 15) is 0 Å². The van der Waals surface area contributed by atoms with Gasteiger partial charge in [-0.3, -0.25) is 0 Å². The van der Waals surface area contributed by atoms with Crippen LogP contribution in [-0.4, -0.2) is 0 Å². The molecule has 0 saturated heterocycles. The molecule has 52 heavy (non-hydrogen) atoms. The second-order valence-corrected chi connectivity index (χ2v) is 16.1. The maximum atomic E-state index is 6.64. The minimum absolute atomic E-state index is 0.888. The van der Waals surface area contributed by atoms with E-state index < -0.39 is 0 Å². The Balaban J connectivity index is 1.32. The number of thiophene rings is 2. The van der Waals surface area contributed by atoms with Crippen LogP contribution >= 0.6 is 22.7 Å². The summed E-state index contributed by atoms with van der Waals surface area (Å²) >= 11 is 3.75. The molecule has 240 valence electrons. The van der Waals surface area contributed by atoms with Gasteiger partial charge in [0, 0.05) is 61.9 Å². The van der Waals surface area contributed by atoms with E-state index in [0.29, 0.717) is 0 Å². The smallest absolute Gasteiger partial charge is 0.136 e. The fraction of sp³-hybridized carbons (Fsp3) is 0. The van der Waals surface area contributed by atoms with Gasteiger partial charge in [0.15, 0.2) is 0 Å². The first-order valence-electron chi connectivity index (χ1n) is 17.6. The average molecular weight is 697 g/mol. The van der Waals surface area contributed by atoms with Crippen molar-refractivity contribution in [2.45, 2.75) is 0 Å². The highest BCUT2D eigenvalue weighted by molar-refractivity contribution is 7.26. The molecule has 0 unspecified atom stereocenters. The van der Waals surface area contributed by atoms with Gasteiger partial charge in [0.05, 0.1) is 0 Å². The van der Waals surface area contributed by atoms with Gasteiger partial charge in [-0.15, -0.1) is 22.7 Å². The summed E-state index contributed by atoms with van der Waals surface area (Å²) in [4.78, 5) is 0. The monoisotopic (exact) mass is 696 g/mol. The standard InChI is InChI=1S/C48H24O2S2/c1-5-13-37-25(9-1)33-21-35-31(23-39(33)49-37)32-24-40-34(26-10-2-6-14-38(26)50-40)22-36(32)46-28(18-20-44-48(46)30-12-4-8-16-42(30)52-44)27-17-19-43-47(45(27)35)29-11-3-7-15-41(29)51-43/h1-24H. The third-order valence-electron chi connectivity index (χ3n) is 11.2. The van der Waals surface area contributed by atoms with Gasteiger partial charge in [-0.2, -0.15) is 0 Å². The van der Waals surface area contributed by atoms with Crippen LogP contribution in [0.4, 0.5) is 0 Å². The molecule has 0 saturated carbocycles. The van der Waals surface area contributed by atoms with E-state index >= 15 is 0 Å². The summed E-state index contributed by atoms with van der Waals surface area (Å²) in [6.45, 7) is 0. The molecule has 0 N–H and O–H groups in total. The van der Waals surface area contributed by atoms with E-state index in [4.69, 9.17) is 8.83 Å². The average Bonchev–Trinajstić information content (AvgIpc) is 3.95. The molecule has 0 radical (unpaired) electrons. The number of furan rings is 2. The molecule has 1 aliphatic carbocycles. The molecule has 0 aliphatic heterocycles. The van der Waals surface area contributed by atoms with E-state index in [1.807, 2.05) is 22.7 Å². The van der Waals surface area contributed by atoms with Gasteiger partial charge >= 0.3 is 0 Å². The van der Waals surface area contributed by atoms with Crippen LogP contribution in [0.3, 0.4) is 0 Å². The zero-order chi connectivity index (χ0) is 33.7. The van der Waals surface area contributed by atoms with Crippen molar-refractivity contribution >= 4 is 107 Å². The molecule has 4 aromatic heterocycles. The van der Waals surface area contributed by atoms with E-state index in [1.54, 1.807) is 0 Å². The van der Waals surface area contributed by atoms with Crippen LogP contribution in [0, 0.1) is 0 Å². The van der Waals surface area contributed by atoms with Crippen molar-refractivity contribution in [3.05, 3.63) is 146 Å². The second kappa shape index (κ2) is 9.77. The van der Waals surface area contributed by atoms with Crippen LogP contribution in [0.25, 0.3) is 129 Å². The molecular formula is C48H24O2S2. The molecule has 0 fully saturated rings. The van der Waals surface area contributed by atoms with Crippen LogP contribution in [0.2, 0.25) is 0 Å². The van der Waals surface area contributed by atoms with Gasteiger partial charge in [0.25, 0.3) is 0 Å². The lowest BCUT2D eigenvalue weighted by molar-refractivity contribution is 0.668. The first-order chi connectivity index (χ1) is 25.8. The highest BCUT2D eigenvalue weighted by atomic mass is 32.1. The van der Waals surface area contributed by atoms with Gasteiger partial charge in [-0.1, -0.05) is 84.9 Å². The third-order valence-corrected chi connectivity index (χ3v) is 13.5. The Hall–Kier alpha value is -6.20. The Morgan fingerprint density at radius 3 is 1.19 bits per heavy atom. The van der Waals surface area contributed by atoms with Crippen molar-refractivity contribution in [3.63, 3.8) is 0 Å². The highest BCUT2D eigenvalue weighted by Crippen LogP contribution is 2.57. The number of para-hydroxylation sites is 2. The maximum absolute atomic E-state index is 6.64. The van der Waals surface area contributed by atoms with E-state index in [1.165, 1.54) is 73.7 Å². The van der Waals surface area contributed by atoms with Gasteiger partial charge in [0.1, 0.15) is 22.3 Å². The van der Waals surface area contributed by atoms with Crippen molar-refractivity contribution in [1.29, 1.82) is 0 Å². The van der Waals surface area contributed by atoms with E-state index in [2.05, 4.69) is 146 Å². The van der Waals surface area contributed by atoms with Crippen LogP contribution in [0.5, 0.6) is 0 Å². The molecule has 0 amide bonds. The summed E-state index contributed by atoms with van der Waals surface area (Å²) in [5.41, 5.74) is 13.3. The number of fused-ring (bicyclic) bond motifs is 22. The summed E-state index contributed by atoms with van der Waals surface area (Å²) in [7, 11) is 0. The Kier molecular flexibility index (Phi) is 5.17. The summed E-state index contributed by atoms with van der Waals surface area (Å²) in [6, 6.07) is 53.4. The minimum Gasteiger partial charge on any atom is -0.456 e. The highest BCUT2D eigenvalue weighted by Gasteiger charge is 2.29. The molecule has 4 heteroatoms. The molecule has 0 spiro atoms. The lowest BCUT2D eigenvalue weighted by Crippen LogP contribution is -1.98. The molecule has 12 aromatic rings. The van der Waals surface area contributed by atoms with Crippen molar-refractivity contribution < 1.29 is 8.83 Å². The summed E-state index contributed by atoms with van der Waals surface area (Å²) < 4.78 is 18.5. The first kappa shape index (κ1) is 27.5. The lowest BCUT2D eigenvalue weighted by atomic mass is 9.77. The summed E-state index contributed by atoms with van der Waals surface area (Å²) in [5.74, 6) is 0. The zero-order valence-electron chi connectivity index (χ0n) is 27.5. The molecule has 0 bridgehead atoms. The van der Waals surface area contributed by atoms with Crippen LogP contribution in [0.15, 0.2) is 154 Å². The summed E-state index contributed by atoms with van der Waals surface area (Å²) in [5, 5.41) is 9.71. The van der Waals surface area contributed by atoms with Crippen molar-refractivity contribution in [2.75, 3.05) is 0 Å². The Labute approximate surface area is 304 Å². The van der Waals surface area contributed by atoms with Gasteiger partial charge in [-0.25, -0.2) is 0 Å². The first-order valence-corrected chi connectivity index (χ1v) is 19.2. The van der Waals surface area contributed by atoms with E-state index in [-0.39, 0.29) is 0 Å². The largest absolute Gasteiger partial charge is 0.456 e. The number of hydrogen-bond donors (Lipinski definition) is 0. The Bertz CT molecular complexity index is 3300. The molecule has 0 atom stereocenters. The molecule has 4 heterocycles. The fourth-order valence-corrected chi connectivity index (χ4v) is 11.3. The summed E-state index contributed by atoms with van der Waals surface area (Å²) in [6.07, 6.45) is 0. The maximum Gasteiger partial charge on any atom is 0.136 e. The number of benzene rings is 8. The minimum atomic E-state index is 0.888. The topological polar surface area (TPSA) is 26.3 Å². The van der Waals surface area contributed by atoms with Gasteiger partial charge in [0.2, 0.25) is 0 Å². The quantitative estimate of drug-likeness (QED) is 0.158. The SMILES string of the molecule is c1ccc2c(c1)oc1cc3c(cc12)-c1c(ccc2sc4ccccc4c12)-c1ccc2sc4ccccc4c2c1-c1cc2c(cc1-3)oc1ccccc12. The predicted molar refractivity (Wildman–Crippen MR) is 222 cm³/mol. The fourth-order valence-electron chi connectivity index (χ4n) is 9.04. The zero-order valence-corrected chi connectivity index (χ0v) is 29.1.